The SMILES string of the molecule is COc1ccc(C(=O)C(C)(C)Br)c(Cl)c1Cl. The Morgan fingerprint density at radius 3 is 2.31 bits per heavy atom. The van der Waals surface area contributed by atoms with E-state index in [4.69, 9.17) is 27.9 Å². The van der Waals surface area contributed by atoms with Crippen LogP contribution in [0.4, 0.5) is 0 Å². The van der Waals surface area contributed by atoms with Gasteiger partial charge in [0.1, 0.15) is 10.8 Å². The van der Waals surface area contributed by atoms with E-state index < -0.39 is 4.32 Å². The van der Waals surface area contributed by atoms with Gasteiger partial charge < -0.3 is 4.74 Å². The third-order valence-corrected chi connectivity index (χ3v) is 3.28. The second-order valence-corrected chi connectivity index (χ2v) is 6.48. The fraction of sp³-hybridized carbons (Fsp3) is 0.364. The van der Waals surface area contributed by atoms with Gasteiger partial charge in [0, 0.05) is 5.56 Å². The minimum atomic E-state index is -0.672. The molecular weight excluding hydrogens is 315 g/mol. The van der Waals surface area contributed by atoms with Crippen LogP contribution in [0.3, 0.4) is 0 Å². The minimum Gasteiger partial charge on any atom is -0.495 e. The first-order valence-corrected chi connectivity index (χ1v) is 6.09. The van der Waals surface area contributed by atoms with Crippen molar-refractivity contribution in [2.24, 2.45) is 0 Å². The molecule has 0 fully saturated rings. The highest BCUT2D eigenvalue weighted by atomic mass is 79.9. The standard InChI is InChI=1S/C11H11BrCl2O2/c1-11(2,12)10(15)6-4-5-7(16-3)9(14)8(6)13/h4-5H,1-3H3. The number of hydrogen-bond acceptors (Lipinski definition) is 2. The number of ether oxygens (including phenoxy) is 1. The fourth-order valence-electron chi connectivity index (χ4n) is 1.18. The molecule has 0 aliphatic heterocycles. The maximum atomic E-state index is 12.0. The summed E-state index contributed by atoms with van der Waals surface area (Å²) in [6.45, 7) is 3.51. The second-order valence-electron chi connectivity index (χ2n) is 3.74. The van der Waals surface area contributed by atoms with Crippen LogP contribution in [0.25, 0.3) is 0 Å². The van der Waals surface area contributed by atoms with Crippen LogP contribution in [-0.4, -0.2) is 17.2 Å². The second kappa shape index (κ2) is 4.94. The Labute approximate surface area is 113 Å². The number of Topliss-reactive ketones (excluding diaryl/α,β-unsaturated/α-hetero) is 1. The highest BCUT2D eigenvalue weighted by Gasteiger charge is 2.28. The predicted molar refractivity (Wildman–Crippen MR) is 70.4 cm³/mol. The molecule has 0 unspecified atom stereocenters. The van der Waals surface area contributed by atoms with Crippen LogP contribution < -0.4 is 4.74 Å². The van der Waals surface area contributed by atoms with Crippen LogP contribution in [-0.2, 0) is 0 Å². The lowest BCUT2D eigenvalue weighted by Gasteiger charge is -2.16. The zero-order valence-electron chi connectivity index (χ0n) is 9.11. The monoisotopic (exact) mass is 324 g/mol. The van der Waals surface area contributed by atoms with Crippen molar-refractivity contribution in [1.82, 2.24) is 0 Å². The Morgan fingerprint density at radius 1 is 1.31 bits per heavy atom. The van der Waals surface area contributed by atoms with Crippen LogP contribution in [0.1, 0.15) is 24.2 Å². The molecule has 0 saturated heterocycles. The van der Waals surface area contributed by atoms with Gasteiger partial charge in [0.2, 0.25) is 0 Å². The van der Waals surface area contributed by atoms with Crippen molar-refractivity contribution in [2.45, 2.75) is 18.2 Å². The number of methoxy groups -OCH3 is 1. The average molecular weight is 326 g/mol. The highest BCUT2D eigenvalue weighted by molar-refractivity contribution is 9.10. The third-order valence-electron chi connectivity index (χ3n) is 2.05. The van der Waals surface area contributed by atoms with Crippen molar-refractivity contribution in [1.29, 1.82) is 0 Å². The minimum absolute atomic E-state index is 0.123. The van der Waals surface area contributed by atoms with Gasteiger partial charge in [-0.3, -0.25) is 4.79 Å². The van der Waals surface area contributed by atoms with E-state index in [1.54, 1.807) is 26.0 Å². The predicted octanol–water partition coefficient (Wildman–Crippen LogP) is 4.36. The molecule has 1 aromatic rings. The molecule has 5 heteroatoms. The normalized spacial score (nSPS) is 11.4. The van der Waals surface area contributed by atoms with Gasteiger partial charge in [-0.1, -0.05) is 39.1 Å². The summed E-state index contributed by atoms with van der Waals surface area (Å²) in [5.41, 5.74) is 0.384. The molecule has 0 saturated carbocycles. The van der Waals surface area contributed by atoms with E-state index in [2.05, 4.69) is 15.9 Å². The number of alkyl halides is 1. The van der Waals surface area contributed by atoms with Crippen molar-refractivity contribution >= 4 is 44.9 Å². The van der Waals surface area contributed by atoms with E-state index in [9.17, 15) is 4.79 Å². The zero-order valence-corrected chi connectivity index (χ0v) is 12.2. The number of hydrogen-bond donors (Lipinski definition) is 0. The maximum absolute atomic E-state index is 12.0. The van der Waals surface area contributed by atoms with E-state index in [1.807, 2.05) is 0 Å². The van der Waals surface area contributed by atoms with Crippen LogP contribution in [0, 0.1) is 0 Å². The van der Waals surface area contributed by atoms with Crippen molar-refractivity contribution in [3.63, 3.8) is 0 Å². The average Bonchev–Trinajstić information content (AvgIpc) is 2.20. The van der Waals surface area contributed by atoms with E-state index in [1.165, 1.54) is 7.11 Å². The quantitative estimate of drug-likeness (QED) is 0.609. The fourth-order valence-corrected chi connectivity index (χ4v) is 1.88. The van der Waals surface area contributed by atoms with Crippen LogP contribution in [0.15, 0.2) is 12.1 Å². The molecule has 1 aromatic carbocycles. The summed E-state index contributed by atoms with van der Waals surface area (Å²) < 4.78 is 4.33. The lowest BCUT2D eigenvalue weighted by molar-refractivity contribution is 0.0961. The van der Waals surface area contributed by atoms with Gasteiger partial charge in [0.05, 0.1) is 16.5 Å². The number of carbonyl (C=O) groups is 1. The van der Waals surface area contributed by atoms with Crippen molar-refractivity contribution < 1.29 is 9.53 Å². The topological polar surface area (TPSA) is 26.3 Å². The number of ketones is 1. The Morgan fingerprint density at radius 2 is 1.88 bits per heavy atom. The molecule has 0 atom stereocenters. The van der Waals surface area contributed by atoms with Crippen molar-refractivity contribution in [3.8, 4) is 5.75 Å². The highest BCUT2D eigenvalue weighted by Crippen LogP contribution is 2.36. The maximum Gasteiger partial charge on any atom is 0.180 e. The van der Waals surface area contributed by atoms with Crippen LogP contribution in [0.5, 0.6) is 5.75 Å². The third kappa shape index (κ3) is 2.70. The van der Waals surface area contributed by atoms with Crippen molar-refractivity contribution in [3.05, 3.63) is 27.7 Å². The van der Waals surface area contributed by atoms with Crippen LogP contribution in [0.2, 0.25) is 10.0 Å². The van der Waals surface area contributed by atoms with Crippen molar-refractivity contribution in [2.75, 3.05) is 7.11 Å². The molecule has 0 amide bonds. The molecule has 0 bridgehead atoms. The van der Waals surface area contributed by atoms with Gasteiger partial charge in [-0.15, -0.1) is 0 Å². The van der Waals surface area contributed by atoms with Gasteiger partial charge in [0.25, 0.3) is 0 Å². The van der Waals surface area contributed by atoms with Gasteiger partial charge in [0.15, 0.2) is 5.78 Å². The van der Waals surface area contributed by atoms with E-state index in [0.717, 1.165) is 0 Å². The van der Waals surface area contributed by atoms with E-state index in [0.29, 0.717) is 11.3 Å². The molecule has 0 radical (unpaired) electrons. The Kier molecular flexibility index (Phi) is 4.27. The Balaban J connectivity index is 3.28. The number of benzene rings is 1. The number of halogens is 3. The number of carbonyl (C=O) groups excluding carboxylic acids is 1. The van der Waals surface area contributed by atoms with Gasteiger partial charge in [-0.05, 0) is 26.0 Å². The largest absolute Gasteiger partial charge is 0.495 e. The summed E-state index contributed by atoms with van der Waals surface area (Å²) in [5.74, 6) is 0.331. The summed E-state index contributed by atoms with van der Waals surface area (Å²) in [7, 11) is 1.49. The summed E-state index contributed by atoms with van der Waals surface area (Å²) >= 11 is 15.3. The Hall–Kier alpha value is -0.250. The molecule has 0 aliphatic rings. The zero-order chi connectivity index (χ0) is 12.5. The summed E-state index contributed by atoms with van der Waals surface area (Å²) in [6.07, 6.45) is 0. The van der Waals surface area contributed by atoms with Crippen LogP contribution >= 0.6 is 39.1 Å². The molecule has 2 nitrogen and oxygen atoms in total. The molecule has 1 rings (SSSR count). The van der Waals surface area contributed by atoms with E-state index in [-0.39, 0.29) is 15.8 Å². The first-order chi connectivity index (χ1) is 7.29. The summed E-state index contributed by atoms with van der Waals surface area (Å²) in [5, 5.41) is 0.477. The molecule has 16 heavy (non-hydrogen) atoms. The van der Waals surface area contributed by atoms with Gasteiger partial charge in [-0.25, -0.2) is 0 Å². The van der Waals surface area contributed by atoms with E-state index >= 15 is 0 Å². The lowest BCUT2D eigenvalue weighted by atomic mass is 10.0. The molecule has 0 aliphatic carbocycles. The first-order valence-electron chi connectivity index (χ1n) is 4.54. The van der Waals surface area contributed by atoms with Gasteiger partial charge in [-0.2, -0.15) is 0 Å². The smallest absolute Gasteiger partial charge is 0.180 e. The molecular formula is C11H11BrCl2O2. The molecule has 0 spiro atoms. The Bertz CT molecular complexity index is 425. The molecule has 0 heterocycles. The molecule has 0 N–H and O–H groups in total. The molecule has 0 aromatic heterocycles. The molecule has 88 valence electrons. The summed E-state index contributed by atoms with van der Waals surface area (Å²) in [6, 6.07) is 3.23. The van der Waals surface area contributed by atoms with Gasteiger partial charge >= 0.3 is 0 Å². The summed E-state index contributed by atoms with van der Waals surface area (Å²) in [4.78, 5) is 12.0. The lowest BCUT2D eigenvalue weighted by Crippen LogP contribution is -2.24. The first kappa shape index (κ1) is 13.8. The number of rotatable bonds is 3.